The molecule has 0 amide bonds. The van der Waals surface area contributed by atoms with Crippen LogP contribution in [0.25, 0.3) is 28.2 Å². The molecule has 1 aliphatic rings. The first-order valence-electron chi connectivity index (χ1n) is 11.1. The molecule has 2 aromatic carbocycles. The zero-order chi connectivity index (χ0) is 23.2. The summed E-state index contributed by atoms with van der Waals surface area (Å²) < 4.78 is 3.85. The quantitative estimate of drug-likeness (QED) is 0.448. The molecule has 9 heteroatoms. The lowest BCUT2D eigenvalue weighted by atomic mass is 9.79. The average Bonchev–Trinajstić information content (AvgIpc) is 3.40. The van der Waals surface area contributed by atoms with Crippen molar-refractivity contribution in [3.05, 3.63) is 88.5 Å². The lowest BCUT2D eigenvalue weighted by Gasteiger charge is -2.35. The largest absolute Gasteiger partial charge is 0.326 e. The number of imidazole rings is 1. The highest BCUT2D eigenvalue weighted by molar-refractivity contribution is 5.77. The van der Waals surface area contributed by atoms with Crippen molar-refractivity contribution in [3.63, 3.8) is 0 Å². The van der Waals surface area contributed by atoms with Gasteiger partial charge in [0.1, 0.15) is 17.8 Å². The monoisotopic (exact) mass is 448 g/mol. The lowest BCUT2D eigenvalue weighted by Crippen LogP contribution is -2.32. The Labute approximate surface area is 194 Å². The minimum Gasteiger partial charge on any atom is -0.305 e. The predicted molar refractivity (Wildman–Crippen MR) is 125 cm³/mol. The number of hydrogen-bond acceptors (Lipinski definition) is 6. The van der Waals surface area contributed by atoms with Crippen molar-refractivity contribution < 1.29 is 0 Å². The molecule has 0 bridgehead atoms. The molecule has 0 spiro atoms. The third-order valence-electron chi connectivity index (χ3n) is 6.48. The molecule has 0 radical (unpaired) electrons. The van der Waals surface area contributed by atoms with Crippen LogP contribution >= 0.6 is 0 Å². The third kappa shape index (κ3) is 3.19. The number of nitrogens with zero attached hydrogens (tertiary/aromatic N) is 7. The van der Waals surface area contributed by atoms with Crippen LogP contribution in [0.5, 0.6) is 0 Å². The van der Waals surface area contributed by atoms with E-state index < -0.39 is 0 Å². The van der Waals surface area contributed by atoms with Gasteiger partial charge < -0.3 is 4.98 Å². The summed E-state index contributed by atoms with van der Waals surface area (Å²) in [6.07, 6.45) is 4.72. The number of H-pyrrole nitrogens is 1. The smallest absolute Gasteiger partial charge is 0.305 e. The van der Waals surface area contributed by atoms with E-state index in [-0.39, 0.29) is 17.6 Å². The number of rotatable bonds is 4. The number of aromatic nitrogens is 7. The number of hydrogen-bond donors (Lipinski definition) is 1. The van der Waals surface area contributed by atoms with Crippen LogP contribution in [0.1, 0.15) is 41.8 Å². The molecule has 1 saturated carbocycles. The molecule has 5 aromatic rings. The molecule has 1 N–H and O–H groups in total. The van der Waals surface area contributed by atoms with Gasteiger partial charge in [-0.2, -0.15) is 5.26 Å². The lowest BCUT2D eigenvalue weighted by molar-refractivity contribution is 0.254. The van der Waals surface area contributed by atoms with E-state index in [9.17, 15) is 4.79 Å². The Morgan fingerprint density at radius 3 is 2.65 bits per heavy atom. The second-order valence-corrected chi connectivity index (χ2v) is 8.61. The normalized spacial score (nSPS) is 17.4. The van der Waals surface area contributed by atoms with Gasteiger partial charge >= 0.3 is 5.69 Å². The Balaban J connectivity index is 1.37. The maximum Gasteiger partial charge on any atom is 0.326 e. The van der Waals surface area contributed by atoms with Gasteiger partial charge in [0.15, 0.2) is 5.82 Å². The van der Waals surface area contributed by atoms with Crippen molar-refractivity contribution in [1.82, 2.24) is 34.3 Å². The molecule has 9 nitrogen and oxygen atoms in total. The zero-order valence-electron chi connectivity index (χ0n) is 18.4. The van der Waals surface area contributed by atoms with Crippen molar-refractivity contribution >= 4 is 11.0 Å². The summed E-state index contributed by atoms with van der Waals surface area (Å²) in [6.45, 7) is 2.05. The summed E-state index contributed by atoms with van der Waals surface area (Å²) >= 11 is 0. The van der Waals surface area contributed by atoms with Crippen LogP contribution < -0.4 is 5.69 Å². The summed E-state index contributed by atoms with van der Waals surface area (Å²) in [6, 6.07) is 17.5. The summed E-state index contributed by atoms with van der Waals surface area (Å²) in [4.78, 5) is 24.0. The van der Waals surface area contributed by atoms with Gasteiger partial charge in [0.05, 0.1) is 22.7 Å². The molecule has 6 rings (SSSR count). The van der Waals surface area contributed by atoms with Crippen LogP contribution in [0, 0.1) is 18.3 Å². The molecule has 0 unspecified atom stereocenters. The Bertz CT molecular complexity index is 1600. The molecule has 166 valence electrons. The third-order valence-corrected chi connectivity index (χ3v) is 6.48. The number of fused-ring (bicyclic) bond motifs is 1. The highest BCUT2D eigenvalue weighted by Crippen LogP contribution is 2.45. The maximum atomic E-state index is 12.7. The first kappa shape index (κ1) is 20.1. The van der Waals surface area contributed by atoms with Crippen molar-refractivity contribution in [1.29, 1.82) is 5.26 Å². The standard InChI is InChI=1S/C25H20N8O/c1-15-2-5-18(6-3-15)33-23(30-31-24(33)20-8-9-27-14-28-20)17-11-19(12-17)32-22-7-4-16(13-26)10-21(22)29-25(32)34/h2-10,14,17,19H,11-12H2,1H3,(H,29,34). The predicted octanol–water partition coefficient (Wildman–Crippen LogP) is 3.67. The Kier molecular flexibility index (Phi) is 4.59. The van der Waals surface area contributed by atoms with E-state index in [1.165, 1.54) is 11.9 Å². The fourth-order valence-electron chi connectivity index (χ4n) is 4.67. The molecule has 0 aliphatic heterocycles. The van der Waals surface area contributed by atoms with E-state index in [1.54, 1.807) is 22.9 Å². The van der Waals surface area contributed by atoms with Crippen LogP contribution in [0.3, 0.4) is 0 Å². The maximum absolute atomic E-state index is 12.7. The van der Waals surface area contributed by atoms with E-state index in [0.29, 0.717) is 22.6 Å². The number of nitriles is 1. The molecule has 3 aromatic heterocycles. The topological polar surface area (TPSA) is 118 Å². The Morgan fingerprint density at radius 2 is 1.91 bits per heavy atom. The molecular weight excluding hydrogens is 428 g/mol. The summed E-state index contributed by atoms with van der Waals surface area (Å²) in [5, 5.41) is 18.2. The van der Waals surface area contributed by atoms with Gasteiger partial charge in [-0.05, 0) is 56.2 Å². The molecular formula is C25H20N8O. The highest BCUT2D eigenvalue weighted by atomic mass is 16.1. The number of benzene rings is 2. The Hall–Kier alpha value is -4.58. The summed E-state index contributed by atoms with van der Waals surface area (Å²) in [7, 11) is 0. The number of aromatic amines is 1. The van der Waals surface area contributed by atoms with E-state index in [2.05, 4.69) is 67.0 Å². The fraction of sp³-hybridized carbons (Fsp3) is 0.200. The number of nitrogens with one attached hydrogen (secondary N) is 1. The van der Waals surface area contributed by atoms with Crippen LogP contribution in [-0.2, 0) is 0 Å². The molecule has 1 fully saturated rings. The van der Waals surface area contributed by atoms with Gasteiger partial charge in [-0.25, -0.2) is 14.8 Å². The van der Waals surface area contributed by atoms with Crippen molar-refractivity contribution in [2.24, 2.45) is 0 Å². The number of aryl methyl sites for hydroxylation is 1. The highest BCUT2D eigenvalue weighted by Gasteiger charge is 2.37. The molecule has 3 heterocycles. The van der Waals surface area contributed by atoms with E-state index in [4.69, 9.17) is 5.26 Å². The summed E-state index contributed by atoms with van der Waals surface area (Å²) in [5.41, 5.74) is 4.70. The summed E-state index contributed by atoms with van der Waals surface area (Å²) in [5.74, 6) is 1.66. The second kappa shape index (κ2) is 7.78. The first-order valence-corrected chi connectivity index (χ1v) is 11.1. The SMILES string of the molecule is Cc1ccc(-n2c(-c3ccncn3)nnc2C2CC(n3c(=O)[nH]c4cc(C#N)ccc43)C2)cc1. The van der Waals surface area contributed by atoms with Crippen LogP contribution in [-0.4, -0.2) is 34.3 Å². The molecule has 0 atom stereocenters. The molecule has 1 aliphatic carbocycles. The van der Waals surface area contributed by atoms with Gasteiger partial charge in [0.2, 0.25) is 0 Å². The minimum atomic E-state index is -0.157. The zero-order valence-corrected chi connectivity index (χ0v) is 18.4. The van der Waals surface area contributed by atoms with Gasteiger partial charge in [-0.3, -0.25) is 9.13 Å². The van der Waals surface area contributed by atoms with E-state index in [0.717, 1.165) is 29.9 Å². The van der Waals surface area contributed by atoms with E-state index >= 15 is 0 Å². The second-order valence-electron chi connectivity index (χ2n) is 8.61. The van der Waals surface area contributed by atoms with Crippen molar-refractivity contribution in [2.45, 2.75) is 31.7 Å². The molecule has 0 saturated heterocycles. The van der Waals surface area contributed by atoms with Crippen molar-refractivity contribution in [2.75, 3.05) is 0 Å². The first-order chi connectivity index (χ1) is 16.6. The Morgan fingerprint density at radius 1 is 1.09 bits per heavy atom. The van der Waals surface area contributed by atoms with E-state index in [1.807, 2.05) is 12.1 Å². The van der Waals surface area contributed by atoms with Crippen molar-refractivity contribution in [3.8, 4) is 23.3 Å². The van der Waals surface area contributed by atoms with Gasteiger partial charge in [0, 0.05) is 23.8 Å². The van der Waals surface area contributed by atoms with Gasteiger partial charge in [-0.1, -0.05) is 17.7 Å². The van der Waals surface area contributed by atoms with Gasteiger partial charge in [-0.15, -0.1) is 10.2 Å². The minimum absolute atomic E-state index is 0.0462. The van der Waals surface area contributed by atoms with Crippen LogP contribution in [0.15, 0.2) is 65.8 Å². The van der Waals surface area contributed by atoms with Crippen LogP contribution in [0.4, 0.5) is 0 Å². The molecule has 34 heavy (non-hydrogen) atoms. The average molecular weight is 448 g/mol. The van der Waals surface area contributed by atoms with Crippen LogP contribution in [0.2, 0.25) is 0 Å². The van der Waals surface area contributed by atoms with Gasteiger partial charge in [0.25, 0.3) is 0 Å². The fourth-order valence-corrected chi connectivity index (χ4v) is 4.67.